The van der Waals surface area contributed by atoms with Gasteiger partial charge in [-0.3, -0.25) is 4.79 Å². The van der Waals surface area contributed by atoms with Gasteiger partial charge in [0.1, 0.15) is 5.76 Å². The van der Waals surface area contributed by atoms with Crippen LogP contribution >= 0.6 is 0 Å². The number of furan rings is 1. The summed E-state index contributed by atoms with van der Waals surface area (Å²) in [6.45, 7) is 2.10. The van der Waals surface area contributed by atoms with Gasteiger partial charge in [-0.05, 0) is 43.9 Å². The molecule has 2 atom stereocenters. The van der Waals surface area contributed by atoms with E-state index in [1.54, 1.807) is 12.3 Å². The molecule has 4 nitrogen and oxygen atoms in total. The second-order valence-corrected chi connectivity index (χ2v) is 5.11. The van der Waals surface area contributed by atoms with E-state index in [-0.39, 0.29) is 17.6 Å². The maximum absolute atomic E-state index is 11.4. The minimum atomic E-state index is -0.0153. The van der Waals surface area contributed by atoms with Crippen LogP contribution in [0.3, 0.4) is 0 Å². The van der Waals surface area contributed by atoms with Crippen LogP contribution < -0.4 is 10.9 Å². The fourth-order valence-corrected chi connectivity index (χ4v) is 2.80. The molecule has 4 heteroatoms. The first-order chi connectivity index (χ1) is 9.24. The summed E-state index contributed by atoms with van der Waals surface area (Å²) in [5, 5.41) is 3.58. The average Bonchev–Trinajstić information content (AvgIpc) is 2.92. The lowest BCUT2D eigenvalue weighted by Gasteiger charge is -2.28. The second kappa shape index (κ2) is 5.05. The molecule has 1 aliphatic carbocycles. The number of aromatic amines is 1. The van der Waals surface area contributed by atoms with Crippen molar-refractivity contribution in [3.8, 4) is 0 Å². The van der Waals surface area contributed by atoms with Crippen LogP contribution in [0, 0.1) is 0 Å². The van der Waals surface area contributed by atoms with Crippen LogP contribution in [0.5, 0.6) is 0 Å². The fraction of sp³-hybridized carbons (Fsp3) is 0.400. The lowest BCUT2D eigenvalue weighted by Crippen LogP contribution is -2.29. The Morgan fingerprint density at radius 2 is 2.32 bits per heavy atom. The first-order valence-corrected chi connectivity index (χ1v) is 6.75. The maximum atomic E-state index is 11.4. The highest BCUT2D eigenvalue weighted by Crippen LogP contribution is 2.30. The number of nitrogens with one attached hydrogen (secondary N) is 2. The Labute approximate surface area is 111 Å². The highest BCUT2D eigenvalue weighted by Gasteiger charge is 2.23. The second-order valence-electron chi connectivity index (χ2n) is 5.11. The van der Waals surface area contributed by atoms with Crippen LogP contribution in [-0.4, -0.2) is 4.98 Å². The molecule has 0 bridgehead atoms. The van der Waals surface area contributed by atoms with Crippen molar-refractivity contribution in [2.75, 3.05) is 0 Å². The SMILES string of the molecule is C[C@H](NC1CCCc2[nH]c(=O)ccc21)c1ccco1. The Bertz CT molecular complexity index is 601. The number of hydrogen-bond acceptors (Lipinski definition) is 3. The largest absolute Gasteiger partial charge is 0.468 e. The van der Waals surface area contributed by atoms with Gasteiger partial charge < -0.3 is 14.7 Å². The van der Waals surface area contributed by atoms with Crippen LogP contribution in [0.15, 0.2) is 39.7 Å². The van der Waals surface area contributed by atoms with Crippen molar-refractivity contribution in [2.45, 2.75) is 38.3 Å². The van der Waals surface area contributed by atoms with E-state index < -0.39 is 0 Å². The Kier molecular flexibility index (Phi) is 3.25. The normalized spacial score (nSPS) is 19.9. The number of aromatic nitrogens is 1. The molecule has 2 aromatic rings. The molecule has 1 unspecified atom stereocenters. The molecule has 3 rings (SSSR count). The predicted octanol–water partition coefficient (Wildman–Crippen LogP) is 2.70. The molecule has 19 heavy (non-hydrogen) atoms. The van der Waals surface area contributed by atoms with Crippen LogP contribution in [0.25, 0.3) is 0 Å². The van der Waals surface area contributed by atoms with E-state index >= 15 is 0 Å². The average molecular weight is 258 g/mol. The quantitative estimate of drug-likeness (QED) is 0.890. The van der Waals surface area contributed by atoms with Crippen LogP contribution in [0.4, 0.5) is 0 Å². The third-order valence-electron chi connectivity index (χ3n) is 3.75. The molecule has 100 valence electrons. The Hall–Kier alpha value is -1.81. The van der Waals surface area contributed by atoms with Crippen LogP contribution in [-0.2, 0) is 6.42 Å². The molecule has 2 heterocycles. The number of H-pyrrole nitrogens is 1. The minimum absolute atomic E-state index is 0.0153. The Balaban J connectivity index is 1.82. The van der Waals surface area contributed by atoms with E-state index in [9.17, 15) is 4.79 Å². The highest BCUT2D eigenvalue weighted by molar-refractivity contribution is 5.26. The molecule has 1 aliphatic rings. The predicted molar refractivity (Wildman–Crippen MR) is 73.0 cm³/mol. The zero-order valence-electron chi connectivity index (χ0n) is 11.0. The monoisotopic (exact) mass is 258 g/mol. The number of aryl methyl sites for hydroxylation is 1. The van der Waals surface area contributed by atoms with Crippen molar-refractivity contribution in [3.05, 3.63) is 57.9 Å². The van der Waals surface area contributed by atoms with Gasteiger partial charge in [-0.2, -0.15) is 0 Å². The molecular formula is C15H18N2O2. The number of rotatable bonds is 3. The van der Waals surface area contributed by atoms with E-state index in [4.69, 9.17) is 4.42 Å². The number of pyridine rings is 1. The maximum Gasteiger partial charge on any atom is 0.248 e. The summed E-state index contributed by atoms with van der Waals surface area (Å²) in [5.41, 5.74) is 2.27. The first kappa shape index (κ1) is 12.2. The molecule has 0 radical (unpaired) electrons. The summed E-state index contributed by atoms with van der Waals surface area (Å²) in [6.07, 6.45) is 4.83. The van der Waals surface area contributed by atoms with Gasteiger partial charge in [0.05, 0.1) is 12.3 Å². The Morgan fingerprint density at radius 3 is 3.11 bits per heavy atom. The topological polar surface area (TPSA) is 58.0 Å². The molecule has 0 spiro atoms. The number of hydrogen-bond donors (Lipinski definition) is 2. The summed E-state index contributed by atoms with van der Waals surface area (Å²) >= 11 is 0. The molecule has 0 amide bonds. The third kappa shape index (κ3) is 2.49. The molecule has 2 aromatic heterocycles. The first-order valence-electron chi connectivity index (χ1n) is 6.75. The molecule has 0 saturated carbocycles. The van der Waals surface area contributed by atoms with E-state index in [1.165, 1.54) is 5.56 Å². The molecule has 2 N–H and O–H groups in total. The number of fused-ring (bicyclic) bond motifs is 1. The zero-order chi connectivity index (χ0) is 13.2. The summed E-state index contributed by atoms with van der Waals surface area (Å²) in [5.74, 6) is 0.941. The molecule has 0 aliphatic heterocycles. The molecule has 0 saturated heterocycles. The third-order valence-corrected chi connectivity index (χ3v) is 3.75. The summed E-state index contributed by atoms with van der Waals surface area (Å²) in [4.78, 5) is 14.3. The minimum Gasteiger partial charge on any atom is -0.468 e. The van der Waals surface area contributed by atoms with Crippen molar-refractivity contribution >= 4 is 0 Å². The fourth-order valence-electron chi connectivity index (χ4n) is 2.80. The van der Waals surface area contributed by atoms with Crippen molar-refractivity contribution < 1.29 is 4.42 Å². The van der Waals surface area contributed by atoms with E-state index in [0.717, 1.165) is 30.7 Å². The lowest BCUT2D eigenvalue weighted by atomic mass is 9.90. The van der Waals surface area contributed by atoms with Gasteiger partial charge >= 0.3 is 0 Å². The van der Waals surface area contributed by atoms with Crippen molar-refractivity contribution in [3.63, 3.8) is 0 Å². The Morgan fingerprint density at radius 1 is 1.42 bits per heavy atom. The van der Waals surface area contributed by atoms with Gasteiger partial charge in [-0.25, -0.2) is 0 Å². The van der Waals surface area contributed by atoms with Crippen molar-refractivity contribution in [1.29, 1.82) is 0 Å². The van der Waals surface area contributed by atoms with E-state index in [2.05, 4.69) is 17.2 Å². The van der Waals surface area contributed by atoms with Gasteiger partial charge in [-0.1, -0.05) is 6.07 Å². The van der Waals surface area contributed by atoms with Gasteiger partial charge in [0.25, 0.3) is 0 Å². The zero-order valence-corrected chi connectivity index (χ0v) is 11.0. The van der Waals surface area contributed by atoms with Gasteiger partial charge in [0.15, 0.2) is 0 Å². The van der Waals surface area contributed by atoms with Gasteiger partial charge in [0.2, 0.25) is 5.56 Å². The summed E-state index contributed by atoms with van der Waals surface area (Å²) in [6, 6.07) is 7.88. The lowest BCUT2D eigenvalue weighted by molar-refractivity contribution is 0.365. The highest BCUT2D eigenvalue weighted by atomic mass is 16.3. The van der Waals surface area contributed by atoms with E-state index in [0.29, 0.717) is 0 Å². The molecular weight excluding hydrogens is 240 g/mol. The van der Waals surface area contributed by atoms with Crippen LogP contribution in [0.1, 0.15) is 48.9 Å². The molecule has 0 aromatic carbocycles. The van der Waals surface area contributed by atoms with Gasteiger partial charge in [0, 0.05) is 17.8 Å². The van der Waals surface area contributed by atoms with E-state index in [1.807, 2.05) is 18.2 Å². The molecule has 0 fully saturated rings. The van der Waals surface area contributed by atoms with Gasteiger partial charge in [-0.15, -0.1) is 0 Å². The van der Waals surface area contributed by atoms with Crippen molar-refractivity contribution in [2.24, 2.45) is 0 Å². The van der Waals surface area contributed by atoms with Crippen LogP contribution in [0.2, 0.25) is 0 Å². The standard InChI is InChI=1S/C15H18N2O2/c1-10(14-6-3-9-19-14)16-12-4-2-5-13-11(12)7-8-15(18)17-13/h3,6-10,12,16H,2,4-5H2,1H3,(H,17,18)/t10-,12?/m0/s1. The summed E-state index contributed by atoms with van der Waals surface area (Å²) in [7, 11) is 0. The van der Waals surface area contributed by atoms with Crippen molar-refractivity contribution in [1.82, 2.24) is 10.3 Å². The smallest absolute Gasteiger partial charge is 0.248 e. The summed E-state index contributed by atoms with van der Waals surface area (Å²) < 4.78 is 5.42.